The van der Waals surface area contributed by atoms with Gasteiger partial charge in [0.1, 0.15) is 0 Å². The van der Waals surface area contributed by atoms with Crippen LogP contribution in [0.3, 0.4) is 0 Å². The zero-order valence-corrected chi connectivity index (χ0v) is 6.51. The second-order valence-electron chi connectivity index (χ2n) is 3.23. The van der Waals surface area contributed by atoms with Crippen LogP contribution in [-0.4, -0.2) is 16.0 Å². The molecule has 0 aromatic heterocycles. The summed E-state index contributed by atoms with van der Waals surface area (Å²) in [5, 5.41) is 18.8. The van der Waals surface area contributed by atoms with Crippen LogP contribution in [0, 0.1) is 5.92 Å². The molecule has 1 saturated carbocycles. The summed E-state index contributed by atoms with van der Waals surface area (Å²) in [5.41, 5.74) is 0. The first-order valence-electron chi connectivity index (χ1n) is 4.11. The second kappa shape index (κ2) is 2.89. The first-order chi connectivity index (χ1) is 4.67. The van der Waals surface area contributed by atoms with Crippen LogP contribution in [0.2, 0.25) is 0 Å². The van der Waals surface area contributed by atoms with Crippen molar-refractivity contribution in [1.29, 1.82) is 0 Å². The van der Waals surface area contributed by atoms with E-state index < -0.39 is 5.79 Å². The van der Waals surface area contributed by atoms with E-state index in [1.165, 1.54) is 0 Å². The lowest BCUT2D eigenvalue weighted by Gasteiger charge is -2.34. The fourth-order valence-electron chi connectivity index (χ4n) is 1.74. The smallest absolute Gasteiger partial charge is 0.165 e. The van der Waals surface area contributed by atoms with Crippen molar-refractivity contribution in [3.63, 3.8) is 0 Å². The molecule has 0 aromatic rings. The van der Waals surface area contributed by atoms with E-state index in [1.54, 1.807) is 0 Å². The highest BCUT2D eigenvalue weighted by Gasteiger charge is 2.34. The molecule has 1 fully saturated rings. The van der Waals surface area contributed by atoms with Gasteiger partial charge in [0.05, 0.1) is 0 Å². The molecule has 1 rings (SSSR count). The Hall–Kier alpha value is -0.0800. The van der Waals surface area contributed by atoms with Crippen LogP contribution in [0.15, 0.2) is 0 Å². The van der Waals surface area contributed by atoms with Gasteiger partial charge in [0, 0.05) is 12.3 Å². The van der Waals surface area contributed by atoms with Crippen LogP contribution >= 0.6 is 0 Å². The van der Waals surface area contributed by atoms with Crippen molar-refractivity contribution in [3.05, 3.63) is 0 Å². The molecule has 2 heteroatoms. The number of aliphatic hydroxyl groups is 2. The van der Waals surface area contributed by atoms with Gasteiger partial charge in [0.2, 0.25) is 0 Å². The minimum atomic E-state index is -1.35. The summed E-state index contributed by atoms with van der Waals surface area (Å²) in [5.74, 6) is -1.24. The fourth-order valence-corrected chi connectivity index (χ4v) is 1.74. The van der Waals surface area contributed by atoms with Crippen molar-refractivity contribution in [1.82, 2.24) is 0 Å². The van der Waals surface area contributed by atoms with Crippen molar-refractivity contribution in [2.75, 3.05) is 0 Å². The molecule has 60 valence electrons. The van der Waals surface area contributed by atoms with Gasteiger partial charge in [-0.05, 0) is 19.3 Å². The van der Waals surface area contributed by atoms with Crippen LogP contribution in [-0.2, 0) is 0 Å². The summed E-state index contributed by atoms with van der Waals surface area (Å²) >= 11 is 0. The maximum Gasteiger partial charge on any atom is 0.165 e. The molecule has 0 heterocycles. The number of rotatable bonds is 1. The van der Waals surface area contributed by atoms with Crippen LogP contribution in [0.25, 0.3) is 0 Å². The molecule has 0 saturated heterocycles. The van der Waals surface area contributed by atoms with E-state index in [4.69, 9.17) is 0 Å². The van der Waals surface area contributed by atoms with E-state index in [0.29, 0.717) is 6.42 Å². The lowest BCUT2D eigenvalue weighted by molar-refractivity contribution is -0.217. The average molecular weight is 144 g/mol. The van der Waals surface area contributed by atoms with Gasteiger partial charge in [0.25, 0.3) is 0 Å². The van der Waals surface area contributed by atoms with Gasteiger partial charge in [-0.25, -0.2) is 0 Å². The maximum absolute atomic E-state index is 9.39. The Morgan fingerprint density at radius 1 is 1.40 bits per heavy atom. The SMILES string of the molecule is CCC1CCCCC1(O)O. The monoisotopic (exact) mass is 144 g/mol. The Morgan fingerprint density at radius 2 is 2.10 bits per heavy atom. The maximum atomic E-state index is 9.39. The molecule has 0 radical (unpaired) electrons. The minimum absolute atomic E-state index is 0.112. The largest absolute Gasteiger partial charge is 0.365 e. The van der Waals surface area contributed by atoms with Crippen molar-refractivity contribution in [3.8, 4) is 0 Å². The first kappa shape index (κ1) is 8.02. The fraction of sp³-hybridized carbons (Fsp3) is 1.00. The molecular formula is C8H16O2. The Morgan fingerprint density at radius 3 is 2.50 bits per heavy atom. The van der Waals surface area contributed by atoms with Crippen LogP contribution < -0.4 is 0 Å². The zero-order valence-electron chi connectivity index (χ0n) is 6.51. The third kappa shape index (κ3) is 1.50. The first-order valence-corrected chi connectivity index (χ1v) is 4.11. The van der Waals surface area contributed by atoms with E-state index in [-0.39, 0.29) is 5.92 Å². The summed E-state index contributed by atoms with van der Waals surface area (Å²) < 4.78 is 0. The van der Waals surface area contributed by atoms with Crippen LogP contribution in [0.4, 0.5) is 0 Å². The van der Waals surface area contributed by atoms with Crippen molar-refractivity contribution >= 4 is 0 Å². The summed E-state index contributed by atoms with van der Waals surface area (Å²) in [7, 11) is 0. The number of hydrogen-bond donors (Lipinski definition) is 2. The van der Waals surface area contributed by atoms with Crippen LogP contribution in [0.5, 0.6) is 0 Å². The topological polar surface area (TPSA) is 40.5 Å². The van der Waals surface area contributed by atoms with E-state index in [9.17, 15) is 10.2 Å². The quantitative estimate of drug-likeness (QED) is 0.544. The normalized spacial score (nSPS) is 32.1. The Balaban J connectivity index is 2.51. The highest BCUT2D eigenvalue weighted by Crippen LogP contribution is 2.33. The molecule has 0 spiro atoms. The van der Waals surface area contributed by atoms with E-state index in [1.807, 2.05) is 6.92 Å². The van der Waals surface area contributed by atoms with Gasteiger partial charge < -0.3 is 10.2 Å². The van der Waals surface area contributed by atoms with Crippen molar-refractivity contribution in [2.24, 2.45) is 5.92 Å². The summed E-state index contributed by atoms with van der Waals surface area (Å²) in [6.45, 7) is 2.01. The third-order valence-electron chi connectivity index (χ3n) is 2.49. The average Bonchev–Trinajstić information content (AvgIpc) is 1.87. The summed E-state index contributed by atoms with van der Waals surface area (Å²) in [6.07, 6.45) is 4.53. The zero-order chi connectivity index (χ0) is 7.61. The lowest BCUT2D eigenvalue weighted by atomic mass is 9.82. The molecule has 0 aliphatic heterocycles. The Labute approximate surface area is 61.9 Å². The molecule has 1 unspecified atom stereocenters. The molecule has 2 N–H and O–H groups in total. The van der Waals surface area contributed by atoms with Crippen molar-refractivity contribution < 1.29 is 10.2 Å². The second-order valence-corrected chi connectivity index (χ2v) is 3.23. The molecule has 2 nitrogen and oxygen atoms in total. The van der Waals surface area contributed by atoms with Gasteiger partial charge >= 0.3 is 0 Å². The standard InChI is InChI=1S/C8H16O2/c1-2-7-5-3-4-6-8(7,9)10/h7,9-10H,2-6H2,1H3. The predicted octanol–water partition coefficient (Wildman–Crippen LogP) is 1.27. The van der Waals surface area contributed by atoms with E-state index in [0.717, 1.165) is 25.7 Å². The molecular weight excluding hydrogens is 128 g/mol. The minimum Gasteiger partial charge on any atom is -0.365 e. The summed E-state index contributed by atoms with van der Waals surface area (Å²) in [6, 6.07) is 0. The van der Waals surface area contributed by atoms with Crippen molar-refractivity contribution in [2.45, 2.75) is 44.8 Å². The molecule has 0 bridgehead atoms. The highest BCUT2D eigenvalue weighted by molar-refractivity contribution is 4.79. The lowest BCUT2D eigenvalue weighted by Crippen LogP contribution is -2.39. The summed E-state index contributed by atoms with van der Waals surface area (Å²) in [4.78, 5) is 0. The Kier molecular flexibility index (Phi) is 2.32. The van der Waals surface area contributed by atoms with Gasteiger partial charge in [-0.2, -0.15) is 0 Å². The molecule has 0 aromatic carbocycles. The van der Waals surface area contributed by atoms with Crippen LogP contribution in [0.1, 0.15) is 39.0 Å². The van der Waals surface area contributed by atoms with E-state index in [2.05, 4.69) is 0 Å². The van der Waals surface area contributed by atoms with Gasteiger partial charge in [-0.3, -0.25) is 0 Å². The highest BCUT2D eigenvalue weighted by atomic mass is 16.5. The molecule has 10 heavy (non-hydrogen) atoms. The Bertz CT molecular complexity index is 110. The van der Waals surface area contributed by atoms with Gasteiger partial charge in [-0.1, -0.05) is 13.3 Å². The molecule has 1 aliphatic carbocycles. The molecule has 1 aliphatic rings. The van der Waals surface area contributed by atoms with Gasteiger partial charge in [-0.15, -0.1) is 0 Å². The van der Waals surface area contributed by atoms with Gasteiger partial charge in [0.15, 0.2) is 5.79 Å². The third-order valence-corrected chi connectivity index (χ3v) is 2.49. The predicted molar refractivity (Wildman–Crippen MR) is 39.4 cm³/mol. The van der Waals surface area contributed by atoms with E-state index >= 15 is 0 Å². The number of hydrogen-bond acceptors (Lipinski definition) is 2. The molecule has 1 atom stereocenters. The molecule has 0 amide bonds.